The molecular formula is C22H23Cl2NO3S. The third kappa shape index (κ3) is 4.90. The average molecular weight is 452 g/mol. The van der Waals surface area contributed by atoms with E-state index in [1.165, 1.54) is 11.8 Å². The third-order valence-electron chi connectivity index (χ3n) is 4.79. The summed E-state index contributed by atoms with van der Waals surface area (Å²) < 4.78 is 5.36. The maximum Gasteiger partial charge on any atom is 0.329 e. The number of amides is 1. The highest BCUT2D eigenvalue weighted by Gasteiger charge is 2.43. The van der Waals surface area contributed by atoms with Gasteiger partial charge in [0.25, 0.3) is 5.91 Å². The Morgan fingerprint density at radius 3 is 2.45 bits per heavy atom. The number of thioether (sulfide) groups is 1. The minimum Gasteiger partial charge on any atom is -0.464 e. The molecule has 0 aliphatic carbocycles. The zero-order valence-corrected chi connectivity index (χ0v) is 18.7. The van der Waals surface area contributed by atoms with Gasteiger partial charge in [-0.3, -0.25) is 4.79 Å². The van der Waals surface area contributed by atoms with Crippen molar-refractivity contribution in [3.63, 3.8) is 0 Å². The summed E-state index contributed by atoms with van der Waals surface area (Å²) in [5.74, 6) is -0.112. The van der Waals surface area contributed by atoms with Crippen LogP contribution < -0.4 is 0 Å². The van der Waals surface area contributed by atoms with Gasteiger partial charge in [-0.1, -0.05) is 55.2 Å². The lowest BCUT2D eigenvalue weighted by Crippen LogP contribution is -2.44. The summed E-state index contributed by atoms with van der Waals surface area (Å²) in [6.07, 6.45) is 1.63. The second-order valence-corrected chi connectivity index (χ2v) is 8.73. The molecule has 4 nitrogen and oxygen atoms in total. The highest BCUT2D eigenvalue weighted by molar-refractivity contribution is 7.99. The smallest absolute Gasteiger partial charge is 0.329 e. The van der Waals surface area contributed by atoms with Gasteiger partial charge in [-0.05, 0) is 48.2 Å². The Balaban J connectivity index is 1.95. The first-order chi connectivity index (χ1) is 14.0. The van der Waals surface area contributed by atoms with Gasteiger partial charge in [0.2, 0.25) is 0 Å². The molecule has 0 bridgehead atoms. The summed E-state index contributed by atoms with van der Waals surface area (Å²) in [6.45, 7) is 4.34. The van der Waals surface area contributed by atoms with Crippen molar-refractivity contribution >= 4 is 46.8 Å². The fourth-order valence-electron chi connectivity index (χ4n) is 3.19. The van der Waals surface area contributed by atoms with E-state index in [4.69, 9.17) is 27.9 Å². The monoisotopic (exact) mass is 451 g/mol. The van der Waals surface area contributed by atoms with Crippen molar-refractivity contribution in [3.8, 4) is 0 Å². The Morgan fingerprint density at radius 1 is 1.10 bits per heavy atom. The van der Waals surface area contributed by atoms with Crippen LogP contribution in [0, 0.1) is 0 Å². The van der Waals surface area contributed by atoms with Crippen LogP contribution in [0.1, 0.15) is 47.1 Å². The van der Waals surface area contributed by atoms with Gasteiger partial charge in [-0.25, -0.2) is 4.79 Å². The van der Waals surface area contributed by atoms with Gasteiger partial charge < -0.3 is 9.64 Å². The number of hydrogen-bond acceptors (Lipinski definition) is 4. The van der Waals surface area contributed by atoms with Crippen molar-refractivity contribution in [1.82, 2.24) is 4.90 Å². The van der Waals surface area contributed by atoms with Crippen molar-refractivity contribution < 1.29 is 14.3 Å². The van der Waals surface area contributed by atoms with Gasteiger partial charge in [-0.2, -0.15) is 0 Å². The van der Waals surface area contributed by atoms with E-state index in [-0.39, 0.29) is 17.3 Å². The Kier molecular flexibility index (Phi) is 7.49. The molecule has 1 heterocycles. The molecule has 2 aromatic rings. The van der Waals surface area contributed by atoms with Crippen molar-refractivity contribution in [2.24, 2.45) is 0 Å². The molecule has 0 radical (unpaired) electrons. The number of carbonyl (C=O) groups excluding carboxylic acids is 2. The first-order valence-electron chi connectivity index (χ1n) is 9.61. The fraction of sp³-hybridized carbons (Fsp3) is 0.364. The molecule has 0 spiro atoms. The van der Waals surface area contributed by atoms with Gasteiger partial charge >= 0.3 is 5.97 Å². The topological polar surface area (TPSA) is 46.6 Å². The van der Waals surface area contributed by atoms with Gasteiger partial charge in [0, 0.05) is 11.3 Å². The van der Waals surface area contributed by atoms with E-state index in [9.17, 15) is 9.59 Å². The first kappa shape index (κ1) is 22.0. The number of rotatable bonds is 6. The molecule has 2 unspecified atom stereocenters. The third-order valence-corrected chi connectivity index (χ3v) is 6.86. The van der Waals surface area contributed by atoms with E-state index in [1.54, 1.807) is 17.0 Å². The molecule has 2 atom stereocenters. The largest absolute Gasteiger partial charge is 0.464 e. The van der Waals surface area contributed by atoms with Crippen LogP contribution in [-0.2, 0) is 16.0 Å². The van der Waals surface area contributed by atoms with Crippen molar-refractivity contribution in [3.05, 3.63) is 69.2 Å². The molecule has 154 valence electrons. The van der Waals surface area contributed by atoms with Crippen LogP contribution in [-0.4, -0.2) is 35.2 Å². The lowest BCUT2D eigenvalue weighted by atomic mass is 10.1. The minimum absolute atomic E-state index is 0.202. The van der Waals surface area contributed by atoms with E-state index in [0.717, 1.165) is 24.0 Å². The van der Waals surface area contributed by atoms with Crippen LogP contribution in [0.15, 0.2) is 42.5 Å². The molecule has 0 saturated carbocycles. The van der Waals surface area contributed by atoms with Crippen LogP contribution in [0.5, 0.6) is 0 Å². The van der Waals surface area contributed by atoms with Crippen LogP contribution in [0.2, 0.25) is 10.0 Å². The van der Waals surface area contributed by atoms with Crippen molar-refractivity contribution in [2.45, 2.75) is 38.1 Å². The Morgan fingerprint density at radius 2 is 1.83 bits per heavy atom. The second-order valence-electron chi connectivity index (χ2n) is 6.81. The SMILES string of the molecule is CCCOC(=O)C1CSC(c2ccc(Cl)c(Cl)c2)N1C(=O)c1ccc(CC)cc1. The van der Waals surface area contributed by atoms with Gasteiger partial charge in [-0.15, -0.1) is 11.8 Å². The molecule has 0 N–H and O–H groups in total. The molecule has 1 fully saturated rings. The Bertz CT molecular complexity index is 888. The molecule has 1 saturated heterocycles. The molecule has 2 aromatic carbocycles. The Labute approximate surface area is 185 Å². The van der Waals surface area contributed by atoms with E-state index in [2.05, 4.69) is 6.92 Å². The van der Waals surface area contributed by atoms with Gasteiger partial charge in [0.1, 0.15) is 11.4 Å². The quantitative estimate of drug-likeness (QED) is 0.523. The maximum absolute atomic E-state index is 13.4. The summed E-state index contributed by atoms with van der Waals surface area (Å²) in [7, 11) is 0. The van der Waals surface area contributed by atoms with Crippen LogP contribution in [0.25, 0.3) is 0 Å². The number of ether oxygens (including phenoxy) is 1. The summed E-state index contributed by atoms with van der Waals surface area (Å²) in [6, 6.07) is 12.2. The average Bonchev–Trinajstić information content (AvgIpc) is 3.18. The van der Waals surface area contributed by atoms with E-state index < -0.39 is 6.04 Å². The number of hydrogen-bond donors (Lipinski definition) is 0. The zero-order chi connectivity index (χ0) is 21.0. The number of aryl methyl sites for hydroxylation is 1. The van der Waals surface area contributed by atoms with E-state index in [1.807, 2.05) is 37.3 Å². The molecule has 7 heteroatoms. The van der Waals surface area contributed by atoms with Crippen LogP contribution >= 0.6 is 35.0 Å². The van der Waals surface area contributed by atoms with E-state index in [0.29, 0.717) is 28.0 Å². The maximum atomic E-state index is 13.4. The summed E-state index contributed by atoms with van der Waals surface area (Å²) in [5.41, 5.74) is 2.52. The van der Waals surface area contributed by atoms with Crippen molar-refractivity contribution in [1.29, 1.82) is 0 Å². The molecule has 29 heavy (non-hydrogen) atoms. The van der Waals surface area contributed by atoms with Crippen LogP contribution in [0.3, 0.4) is 0 Å². The fourth-order valence-corrected chi connectivity index (χ4v) is 4.90. The molecule has 3 rings (SSSR count). The lowest BCUT2D eigenvalue weighted by Gasteiger charge is -2.29. The van der Waals surface area contributed by atoms with Crippen LogP contribution in [0.4, 0.5) is 0 Å². The molecule has 1 amide bonds. The molecular weight excluding hydrogens is 429 g/mol. The van der Waals surface area contributed by atoms with Gasteiger partial charge in [0.05, 0.1) is 16.7 Å². The predicted molar refractivity (Wildman–Crippen MR) is 119 cm³/mol. The number of nitrogens with zero attached hydrogens (tertiary/aromatic N) is 1. The van der Waals surface area contributed by atoms with E-state index >= 15 is 0 Å². The zero-order valence-electron chi connectivity index (χ0n) is 16.4. The second kappa shape index (κ2) is 9.88. The highest BCUT2D eigenvalue weighted by atomic mass is 35.5. The summed E-state index contributed by atoms with van der Waals surface area (Å²) in [5, 5.41) is 0.522. The minimum atomic E-state index is -0.649. The number of esters is 1. The standard InChI is InChI=1S/C22H23Cl2NO3S/c1-3-11-28-22(27)19-13-29-21(16-9-10-17(23)18(24)12-16)25(19)20(26)15-7-5-14(4-2)6-8-15/h5-10,12,19,21H,3-4,11,13H2,1-2H3. The number of carbonyl (C=O) groups is 2. The highest BCUT2D eigenvalue weighted by Crippen LogP contribution is 2.43. The summed E-state index contributed by atoms with van der Waals surface area (Å²) >= 11 is 13.8. The lowest BCUT2D eigenvalue weighted by molar-refractivity contribution is -0.148. The van der Waals surface area contributed by atoms with Crippen molar-refractivity contribution in [2.75, 3.05) is 12.4 Å². The molecule has 1 aliphatic rings. The molecule has 1 aliphatic heterocycles. The number of halogens is 2. The normalized spacial score (nSPS) is 18.7. The first-order valence-corrected chi connectivity index (χ1v) is 11.4. The van der Waals surface area contributed by atoms with Gasteiger partial charge in [0.15, 0.2) is 0 Å². The Hall–Kier alpha value is -1.69. The summed E-state index contributed by atoms with van der Waals surface area (Å²) in [4.78, 5) is 27.7. The number of benzene rings is 2. The predicted octanol–water partition coefficient (Wildman–Crippen LogP) is 5.77. The molecule has 0 aromatic heterocycles.